The Morgan fingerprint density at radius 2 is 1.56 bits per heavy atom. The summed E-state index contributed by atoms with van der Waals surface area (Å²) in [6.07, 6.45) is 25.4. The average Bonchev–Trinajstić information content (AvgIpc) is 3.15. The van der Waals surface area contributed by atoms with Gasteiger partial charge in [-0.3, -0.25) is 4.99 Å². The van der Waals surface area contributed by atoms with Gasteiger partial charge in [0.05, 0.1) is 18.9 Å². The van der Waals surface area contributed by atoms with Gasteiger partial charge in [-0.1, -0.05) is 89.7 Å². The van der Waals surface area contributed by atoms with Crippen molar-refractivity contribution in [2.45, 2.75) is 103 Å². The topological polar surface area (TPSA) is 35.8 Å². The van der Waals surface area contributed by atoms with Crippen molar-refractivity contribution in [1.82, 2.24) is 4.90 Å². The molecular weight excluding hydrogens is 308 g/mol. The van der Waals surface area contributed by atoms with E-state index in [0.29, 0.717) is 6.04 Å². The lowest BCUT2D eigenvalue weighted by atomic mass is 10.0. The molecule has 1 rings (SSSR count). The normalized spacial score (nSPS) is 15.5. The Bertz CT molecular complexity index is 341. The van der Waals surface area contributed by atoms with Crippen molar-refractivity contribution in [1.29, 1.82) is 0 Å². The molecule has 3 nitrogen and oxygen atoms in total. The van der Waals surface area contributed by atoms with E-state index >= 15 is 0 Å². The van der Waals surface area contributed by atoms with Crippen molar-refractivity contribution in [3.05, 3.63) is 12.2 Å². The van der Waals surface area contributed by atoms with Crippen molar-refractivity contribution in [3.8, 4) is 0 Å². The summed E-state index contributed by atoms with van der Waals surface area (Å²) in [6.45, 7) is 4.42. The standard InChI is InChI=1S/C22H42N2O/c1-2-3-4-5-6-7-8-9-10-11-12-13-14-15-16-22(17-20-25)24-19-18-23-21-24/h15-16,21-22,25H,2-14,17-20H2,1H3/b16-15+. The monoisotopic (exact) mass is 350 g/mol. The van der Waals surface area contributed by atoms with E-state index < -0.39 is 0 Å². The molecule has 0 saturated carbocycles. The van der Waals surface area contributed by atoms with Gasteiger partial charge in [-0.15, -0.1) is 0 Å². The third-order valence-corrected chi connectivity index (χ3v) is 5.15. The van der Waals surface area contributed by atoms with E-state index in [1.807, 2.05) is 6.34 Å². The zero-order valence-electron chi connectivity index (χ0n) is 16.7. The molecule has 0 aromatic heterocycles. The lowest BCUT2D eigenvalue weighted by molar-refractivity contribution is 0.249. The first kappa shape index (κ1) is 22.2. The summed E-state index contributed by atoms with van der Waals surface area (Å²) in [6, 6.07) is 0.327. The van der Waals surface area contributed by atoms with Crippen LogP contribution < -0.4 is 0 Å². The van der Waals surface area contributed by atoms with Gasteiger partial charge < -0.3 is 10.0 Å². The minimum atomic E-state index is 0.248. The predicted molar refractivity (Wildman–Crippen MR) is 110 cm³/mol. The van der Waals surface area contributed by atoms with Gasteiger partial charge in [0.2, 0.25) is 0 Å². The molecule has 1 N–H and O–H groups in total. The van der Waals surface area contributed by atoms with Crippen LogP contribution in [0.25, 0.3) is 0 Å². The molecule has 0 spiro atoms. The molecule has 146 valence electrons. The van der Waals surface area contributed by atoms with E-state index in [9.17, 15) is 5.11 Å². The number of rotatable bonds is 17. The van der Waals surface area contributed by atoms with Crippen LogP contribution >= 0.6 is 0 Å². The van der Waals surface area contributed by atoms with Crippen LogP contribution in [0.4, 0.5) is 0 Å². The zero-order valence-corrected chi connectivity index (χ0v) is 16.7. The molecule has 0 aromatic rings. The SMILES string of the molecule is CCCCCCCCCCCCCC/C=C/C(CCO)N1C=NCC1. The molecule has 1 unspecified atom stereocenters. The van der Waals surface area contributed by atoms with E-state index in [1.54, 1.807) is 0 Å². The Hall–Kier alpha value is -0.830. The highest BCUT2D eigenvalue weighted by Crippen LogP contribution is 2.13. The van der Waals surface area contributed by atoms with Gasteiger partial charge in [-0.25, -0.2) is 0 Å². The third kappa shape index (κ3) is 12.2. The van der Waals surface area contributed by atoms with Gasteiger partial charge in [-0.2, -0.15) is 0 Å². The number of aliphatic hydroxyl groups is 1. The van der Waals surface area contributed by atoms with Crippen LogP contribution in [0.5, 0.6) is 0 Å². The van der Waals surface area contributed by atoms with Crippen LogP contribution in [-0.4, -0.2) is 42.1 Å². The molecule has 1 heterocycles. The molecule has 0 radical (unpaired) electrons. The fourth-order valence-electron chi connectivity index (χ4n) is 3.51. The fraction of sp³-hybridized carbons (Fsp3) is 0.864. The van der Waals surface area contributed by atoms with Crippen molar-refractivity contribution < 1.29 is 5.11 Å². The summed E-state index contributed by atoms with van der Waals surface area (Å²) in [4.78, 5) is 6.52. The number of allylic oxidation sites excluding steroid dienone is 1. The van der Waals surface area contributed by atoms with Crippen molar-refractivity contribution >= 4 is 6.34 Å². The largest absolute Gasteiger partial charge is 0.396 e. The Labute approximate surface area is 156 Å². The smallest absolute Gasteiger partial charge is 0.0856 e. The molecule has 0 aromatic carbocycles. The summed E-state index contributed by atoms with van der Waals surface area (Å²) < 4.78 is 0. The minimum absolute atomic E-state index is 0.248. The molecule has 0 amide bonds. The van der Waals surface area contributed by atoms with Crippen LogP contribution in [-0.2, 0) is 0 Å². The van der Waals surface area contributed by atoms with Gasteiger partial charge in [0.15, 0.2) is 0 Å². The van der Waals surface area contributed by atoms with Gasteiger partial charge in [0, 0.05) is 13.2 Å². The summed E-state index contributed by atoms with van der Waals surface area (Å²) in [5, 5.41) is 9.21. The Morgan fingerprint density at radius 3 is 2.08 bits per heavy atom. The lowest BCUT2D eigenvalue weighted by Gasteiger charge is -2.23. The van der Waals surface area contributed by atoms with Crippen LogP contribution in [0.1, 0.15) is 96.8 Å². The molecule has 3 heteroatoms. The van der Waals surface area contributed by atoms with Crippen molar-refractivity contribution in [2.24, 2.45) is 4.99 Å². The second kappa shape index (κ2) is 16.6. The summed E-state index contributed by atoms with van der Waals surface area (Å²) in [5.41, 5.74) is 0. The van der Waals surface area contributed by atoms with E-state index in [0.717, 1.165) is 19.5 Å². The first-order valence-corrected chi connectivity index (χ1v) is 10.9. The van der Waals surface area contributed by atoms with E-state index in [1.165, 1.54) is 83.5 Å². The maximum Gasteiger partial charge on any atom is 0.0856 e. The number of aliphatic imine (C=N–C) groups is 1. The average molecular weight is 351 g/mol. The number of unbranched alkanes of at least 4 members (excludes halogenated alkanes) is 12. The van der Waals surface area contributed by atoms with Crippen LogP contribution in [0, 0.1) is 0 Å². The molecule has 1 atom stereocenters. The zero-order chi connectivity index (χ0) is 18.0. The second-order valence-corrected chi connectivity index (χ2v) is 7.45. The lowest BCUT2D eigenvalue weighted by Crippen LogP contribution is -2.32. The third-order valence-electron chi connectivity index (χ3n) is 5.15. The molecule has 1 aliphatic rings. The van der Waals surface area contributed by atoms with E-state index in [4.69, 9.17) is 0 Å². The predicted octanol–water partition coefficient (Wildman–Crippen LogP) is 5.73. The molecule has 0 aliphatic carbocycles. The second-order valence-electron chi connectivity index (χ2n) is 7.45. The van der Waals surface area contributed by atoms with Gasteiger partial charge >= 0.3 is 0 Å². The van der Waals surface area contributed by atoms with Gasteiger partial charge in [-0.05, 0) is 19.3 Å². The van der Waals surface area contributed by atoms with Crippen LogP contribution in [0.3, 0.4) is 0 Å². The maximum atomic E-state index is 9.21. The minimum Gasteiger partial charge on any atom is -0.396 e. The summed E-state index contributed by atoms with van der Waals surface area (Å²) >= 11 is 0. The highest BCUT2D eigenvalue weighted by molar-refractivity contribution is 5.58. The Balaban J connectivity index is 1.89. The molecule has 0 fully saturated rings. The summed E-state index contributed by atoms with van der Waals surface area (Å²) in [7, 11) is 0. The van der Waals surface area contributed by atoms with Gasteiger partial charge in [0.25, 0.3) is 0 Å². The highest BCUT2D eigenvalue weighted by atomic mass is 16.3. The fourth-order valence-corrected chi connectivity index (χ4v) is 3.51. The van der Waals surface area contributed by atoms with Crippen LogP contribution in [0.2, 0.25) is 0 Å². The number of aliphatic hydroxyl groups excluding tert-OH is 1. The number of hydrogen-bond acceptors (Lipinski definition) is 3. The van der Waals surface area contributed by atoms with Crippen molar-refractivity contribution in [3.63, 3.8) is 0 Å². The first-order chi connectivity index (χ1) is 12.4. The molecular formula is C22H42N2O. The number of hydrogen-bond donors (Lipinski definition) is 1. The van der Waals surface area contributed by atoms with Crippen molar-refractivity contribution in [2.75, 3.05) is 19.7 Å². The summed E-state index contributed by atoms with van der Waals surface area (Å²) in [5.74, 6) is 0. The number of nitrogens with zero attached hydrogens (tertiary/aromatic N) is 2. The Morgan fingerprint density at radius 1 is 0.960 bits per heavy atom. The Kier molecular flexibility index (Phi) is 14.8. The van der Waals surface area contributed by atoms with Crippen LogP contribution in [0.15, 0.2) is 17.1 Å². The highest BCUT2D eigenvalue weighted by Gasteiger charge is 2.14. The van der Waals surface area contributed by atoms with E-state index in [-0.39, 0.29) is 6.61 Å². The molecule has 0 saturated heterocycles. The quantitative estimate of drug-likeness (QED) is 0.269. The molecule has 0 bridgehead atoms. The van der Waals surface area contributed by atoms with E-state index in [2.05, 4.69) is 29.0 Å². The first-order valence-electron chi connectivity index (χ1n) is 10.9. The molecule has 25 heavy (non-hydrogen) atoms. The maximum absolute atomic E-state index is 9.21. The van der Waals surface area contributed by atoms with Gasteiger partial charge in [0.1, 0.15) is 0 Å². The molecule has 1 aliphatic heterocycles.